The molecular weight excluding hydrogens is 346 g/mol. The predicted octanol–water partition coefficient (Wildman–Crippen LogP) is 4.75. The van der Waals surface area contributed by atoms with Crippen molar-refractivity contribution in [2.24, 2.45) is 0 Å². The number of nitrogens with zero attached hydrogens (tertiary/aromatic N) is 2. The molecule has 1 aliphatic heterocycles. The Kier molecular flexibility index (Phi) is 6.74. The van der Waals surface area contributed by atoms with E-state index in [4.69, 9.17) is 0 Å². The highest BCUT2D eigenvalue weighted by atomic mass is 16.2. The lowest BCUT2D eigenvalue weighted by molar-refractivity contribution is -0.120. The van der Waals surface area contributed by atoms with E-state index in [2.05, 4.69) is 39.4 Å². The molecule has 0 aliphatic carbocycles. The standard InChI is InChI=1S/C24H33N3O/c1-18-11-10-12-19(2)23(18)25-24(28)20(3)26(4)17-21-13-6-7-14-22(21)27-15-8-5-9-16-27/h6-7,10-14,20H,5,8-9,15-17H2,1-4H3,(H,25,28)/t20-/m0/s1. The number of piperidine rings is 1. The van der Waals surface area contributed by atoms with E-state index in [1.807, 2.05) is 46.0 Å². The number of para-hydroxylation sites is 2. The number of carbonyl (C=O) groups excluding carboxylic acids is 1. The smallest absolute Gasteiger partial charge is 0.241 e. The van der Waals surface area contributed by atoms with Gasteiger partial charge in [-0.05, 0) is 69.8 Å². The number of benzene rings is 2. The van der Waals surface area contributed by atoms with Gasteiger partial charge in [0, 0.05) is 31.0 Å². The van der Waals surface area contributed by atoms with E-state index >= 15 is 0 Å². The predicted molar refractivity (Wildman–Crippen MR) is 118 cm³/mol. The van der Waals surface area contributed by atoms with Gasteiger partial charge in [-0.2, -0.15) is 0 Å². The molecule has 1 aliphatic rings. The van der Waals surface area contributed by atoms with Crippen molar-refractivity contribution < 1.29 is 4.79 Å². The fourth-order valence-corrected chi connectivity index (χ4v) is 3.93. The van der Waals surface area contributed by atoms with Crippen LogP contribution in [0.1, 0.15) is 42.9 Å². The summed E-state index contributed by atoms with van der Waals surface area (Å²) in [5.41, 5.74) is 5.73. The summed E-state index contributed by atoms with van der Waals surface area (Å²) in [5.74, 6) is 0.0374. The minimum absolute atomic E-state index is 0.0374. The van der Waals surface area contributed by atoms with E-state index in [-0.39, 0.29) is 11.9 Å². The average molecular weight is 380 g/mol. The van der Waals surface area contributed by atoms with Gasteiger partial charge in [-0.1, -0.05) is 36.4 Å². The minimum atomic E-state index is -0.214. The maximum Gasteiger partial charge on any atom is 0.241 e. The van der Waals surface area contributed by atoms with Crippen LogP contribution >= 0.6 is 0 Å². The topological polar surface area (TPSA) is 35.6 Å². The van der Waals surface area contributed by atoms with Crippen molar-refractivity contribution in [2.75, 3.05) is 30.4 Å². The maximum absolute atomic E-state index is 12.9. The number of hydrogen-bond acceptors (Lipinski definition) is 3. The second-order valence-corrected chi connectivity index (χ2v) is 8.02. The third kappa shape index (κ3) is 4.74. The third-order valence-corrected chi connectivity index (χ3v) is 5.88. The minimum Gasteiger partial charge on any atom is -0.371 e. The Labute approximate surface area is 169 Å². The number of aryl methyl sites for hydroxylation is 2. The van der Waals surface area contributed by atoms with Crippen molar-refractivity contribution in [3.05, 3.63) is 59.2 Å². The van der Waals surface area contributed by atoms with Crippen LogP contribution in [0.2, 0.25) is 0 Å². The van der Waals surface area contributed by atoms with Crippen LogP contribution in [0.15, 0.2) is 42.5 Å². The van der Waals surface area contributed by atoms with E-state index in [0.717, 1.165) is 36.4 Å². The van der Waals surface area contributed by atoms with Gasteiger partial charge in [-0.15, -0.1) is 0 Å². The van der Waals surface area contributed by atoms with Gasteiger partial charge in [-0.3, -0.25) is 9.69 Å². The number of likely N-dealkylation sites (N-methyl/N-ethyl adjacent to an activating group) is 1. The van der Waals surface area contributed by atoms with Crippen LogP contribution in [-0.4, -0.2) is 37.0 Å². The van der Waals surface area contributed by atoms with Gasteiger partial charge in [-0.25, -0.2) is 0 Å². The first-order valence-electron chi connectivity index (χ1n) is 10.4. The van der Waals surface area contributed by atoms with Crippen LogP contribution < -0.4 is 10.2 Å². The number of amides is 1. The average Bonchev–Trinajstić information content (AvgIpc) is 2.71. The Hall–Kier alpha value is -2.33. The van der Waals surface area contributed by atoms with Crippen molar-refractivity contribution in [2.45, 2.75) is 52.6 Å². The molecule has 28 heavy (non-hydrogen) atoms. The SMILES string of the molecule is Cc1cccc(C)c1NC(=O)[C@H](C)N(C)Cc1ccccc1N1CCCCC1. The van der Waals surface area contributed by atoms with Gasteiger partial charge in [0.25, 0.3) is 0 Å². The fraction of sp³-hybridized carbons (Fsp3) is 0.458. The zero-order chi connectivity index (χ0) is 20.1. The van der Waals surface area contributed by atoms with Gasteiger partial charge >= 0.3 is 0 Å². The monoisotopic (exact) mass is 379 g/mol. The zero-order valence-corrected chi connectivity index (χ0v) is 17.7. The molecule has 4 nitrogen and oxygen atoms in total. The van der Waals surface area contributed by atoms with Crippen LogP contribution in [0.3, 0.4) is 0 Å². The van der Waals surface area contributed by atoms with E-state index in [1.54, 1.807) is 0 Å². The fourth-order valence-electron chi connectivity index (χ4n) is 3.93. The second kappa shape index (κ2) is 9.24. The van der Waals surface area contributed by atoms with Crippen molar-refractivity contribution in [1.29, 1.82) is 0 Å². The summed E-state index contributed by atoms with van der Waals surface area (Å²) in [6.07, 6.45) is 3.85. The molecule has 1 saturated heterocycles. The molecule has 1 N–H and O–H groups in total. The second-order valence-electron chi connectivity index (χ2n) is 8.02. The molecule has 0 saturated carbocycles. The summed E-state index contributed by atoms with van der Waals surface area (Å²) in [5, 5.41) is 3.13. The maximum atomic E-state index is 12.9. The van der Waals surface area contributed by atoms with E-state index < -0.39 is 0 Å². The third-order valence-electron chi connectivity index (χ3n) is 5.88. The summed E-state index contributed by atoms with van der Waals surface area (Å²) < 4.78 is 0. The lowest BCUT2D eigenvalue weighted by atomic mass is 10.1. The van der Waals surface area contributed by atoms with Crippen LogP contribution in [0.5, 0.6) is 0 Å². The molecule has 0 bridgehead atoms. The summed E-state index contributed by atoms with van der Waals surface area (Å²) in [4.78, 5) is 17.5. The van der Waals surface area contributed by atoms with Crippen LogP contribution in [0.25, 0.3) is 0 Å². The molecule has 0 radical (unpaired) electrons. The van der Waals surface area contributed by atoms with Crippen molar-refractivity contribution in [1.82, 2.24) is 4.90 Å². The molecule has 1 atom stereocenters. The van der Waals surface area contributed by atoms with Crippen molar-refractivity contribution in [3.63, 3.8) is 0 Å². The first-order chi connectivity index (χ1) is 13.5. The molecule has 0 spiro atoms. The Balaban J connectivity index is 1.69. The number of carbonyl (C=O) groups is 1. The number of rotatable bonds is 6. The summed E-state index contributed by atoms with van der Waals surface area (Å²) in [7, 11) is 2.03. The molecule has 150 valence electrons. The molecular formula is C24H33N3O. The summed E-state index contributed by atoms with van der Waals surface area (Å²) >= 11 is 0. The van der Waals surface area contributed by atoms with Gasteiger partial charge in [0.1, 0.15) is 0 Å². The molecule has 0 aromatic heterocycles. The number of hydrogen-bond donors (Lipinski definition) is 1. The summed E-state index contributed by atoms with van der Waals surface area (Å²) in [6.45, 7) is 9.06. The van der Waals surface area contributed by atoms with Crippen LogP contribution in [-0.2, 0) is 11.3 Å². The normalized spacial score (nSPS) is 15.5. The van der Waals surface area contributed by atoms with E-state index in [9.17, 15) is 4.79 Å². The van der Waals surface area contributed by atoms with Gasteiger partial charge in [0.15, 0.2) is 0 Å². The number of nitrogens with one attached hydrogen (secondary N) is 1. The highest BCUT2D eigenvalue weighted by molar-refractivity contribution is 5.95. The van der Waals surface area contributed by atoms with E-state index in [1.165, 1.54) is 30.5 Å². The first-order valence-corrected chi connectivity index (χ1v) is 10.4. The van der Waals surface area contributed by atoms with Crippen molar-refractivity contribution >= 4 is 17.3 Å². The highest BCUT2D eigenvalue weighted by Crippen LogP contribution is 2.26. The molecule has 1 fully saturated rings. The molecule has 0 unspecified atom stereocenters. The van der Waals surface area contributed by atoms with Crippen LogP contribution in [0, 0.1) is 13.8 Å². The van der Waals surface area contributed by atoms with Crippen LogP contribution in [0.4, 0.5) is 11.4 Å². The Morgan fingerprint density at radius 3 is 2.36 bits per heavy atom. The quantitative estimate of drug-likeness (QED) is 0.786. The molecule has 2 aromatic carbocycles. The lowest BCUT2D eigenvalue weighted by Crippen LogP contribution is -2.40. The number of anilines is 2. The molecule has 2 aromatic rings. The Morgan fingerprint density at radius 1 is 1.04 bits per heavy atom. The van der Waals surface area contributed by atoms with E-state index in [0.29, 0.717) is 0 Å². The molecule has 3 rings (SSSR count). The van der Waals surface area contributed by atoms with Gasteiger partial charge < -0.3 is 10.2 Å². The molecule has 1 amide bonds. The zero-order valence-electron chi connectivity index (χ0n) is 17.7. The largest absolute Gasteiger partial charge is 0.371 e. The van der Waals surface area contributed by atoms with Crippen molar-refractivity contribution in [3.8, 4) is 0 Å². The van der Waals surface area contributed by atoms with Gasteiger partial charge in [0.2, 0.25) is 5.91 Å². The first kappa shape index (κ1) is 20.4. The molecule has 4 heteroatoms. The van der Waals surface area contributed by atoms with Gasteiger partial charge in [0.05, 0.1) is 6.04 Å². The molecule has 1 heterocycles. The Morgan fingerprint density at radius 2 is 1.68 bits per heavy atom. The highest BCUT2D eigenvalue weighted by Gasteiger charge is 2.21. The summed E-state index contributed by atoms with van der Waals surface area (Å²) in [6, 6.07) is 14.5. The lowest BCUT2D eigenvalue weighted by Gasteiger charge is -2.32. The Bertz CT molecular complexity index is 791.